The molecule has 2 saturated heterocycles. The third kappa shape index (κ3) is 2.14. The Hall–Kier alpha value is -1.14. The highest BCUT2D eigenvalue weighted by atomic mass is 16.4. The maximum atomic E-state index is 12.3. The summed E-state index contributed by atoms with van der Waals surface area (Å²) in [5.41, 5.74) is -0.669. The van der Waals surface area contributed by atoms with Crippen LogP contribution in [0.4, 0.5) is 0 Å². The molecule has 2 aliphatic heterocycles. The molecule has 3 unspecified atom stereocenters. The van der Waals surface area contributed by atoms with Gasteiger partial charge in [-0.25, -0.2) is 4.79 Å². The molecule has 2 fully saturated rings. The highest BCUT2D eigenvalue weighted by Gasteiger charge is 2.46. The van der Waals surface area contributed by atoms with Gasteiger partial charge in [-0.3, -0.25) is 4.79 Å². The van der Waals surface area contributed by atoms with E-state index in [-0.39, 0.29) is 18.9 Å². The molecule has 3 N–H and O–H groups in total. The number of carbonyl (C=O) groups is 2. The highest BCUT2D eigenvalue weighted by molar-refractivity contribution is 5.90. The van der Waals surface area contributed by atoms with Crippen LogP contribution in [-0.2, 0) is 9.59 Å². The monoisotopic (exact) mass is 242 g/mol. The molecule has 0 aromatic heterocycles. The molecule has 96 valence electrons. The SMILES string of the molecule is CC1(C(=O)N2CC(O)CC2C(=O)O)CCCN1. The third-order valence-electron chi connectivity index (χ3n) is 3.67. The van der Waals surface area contributed by atoms with Crippen LogP contribution in [0.25, 0.3) is 0 Å². The van der Waals surface area contributed by atoms with Crippen LogP contribution in [0.15, 0.2) is 0 Å². The van der Waals surface area contributed by atoms with E-state index >= 15 is 0 Å². The molecule has 0 saturated carbocycles. The van der Waals surface area contributed by atoms with Crippen molar-refractivity contribution in [3.05, 3.63) is 0 Å². The third-order valence-corrected chi connectivity index (χ3v) is 3.67. The van der Waals surface area contributed by atoms with Gasteiger partial charge in [0.1, 0.15) is 6.04 Å². The largest absolute Gasteiger partial charge is 0.480 e. The fourth-order valence-electron chi connectivity index (χ4n) is 2.67. The number of aliphatic hydroxyl groups excluding tert-OH is 1. The number of rotatable bonds is 2. The maximum absolute atomic E-state index is 12.3. The number of nitrogens with zero attached hydrogens (tertiary/aromatic N) is 1. The molecule has 0 radical (unpaired) electrons. The standard InChI is InChI=1S/C11H18N2O4/c1-11(3-2-4-12-11)10(17)13-6-7(14)5-8(13)9(15)16/h7-8,12,14H,2-6H2,1H3,(H,15,16). The summed E-state index contributed by atoms with van der Waals surface area (Å²) in [5.74, 6) is -1.25. The van der Waals surface area contributed by atoms with Crippen LogP contribution in [0.2, 0.25) is 0 Å². The van der Waals surface area contributed by atoms with Crippen molar-refractivity contribution in [2.45, 2.75) is 43.9 Å². The first kappa shape index (κ1) is 12.3. The average molecular weight is 242 g/mol. The minimum atomic E-state index is -1.04. The van der Waals surface area contributed by atoms with Gasteiger partial charge < -0.3 is 20.4 Å². The molecule has 17 heavy (non-hydrogen) atoms. The Bertz CT molecular complexity index is 338. The molecule has 2 aliphatic rings. The number of hydrogen-bond acceptors (Lipinski definition) is 4. The van der Waals surface area contributed by atoms with Gasteiger partial charge in [0, 0.05) is 13.0 Å². The van der Waals surface area contributed by atoms with E-state index in [4.69, 9.17) is 5.11 Å². The summed E-state index contributed by atoms with van der Waals surface area (Å²) in [6, 6.07) is -0.892. The van der Waals surface area contributed by atoms with Crippen molar-refractivity contribution in [2.75, 3.05) is 13.1 Å². The maximum Gasteiger partial charge on any atom is 0.326 e. The normalized spacial score (nSPS) is 37.4. The second-order valence-electron chi connectivity index (χ2n) is 5.06. The van der Waals surface area contributed by atoms with E-state index < -0.39 is 23.7 Å². The summed E-state index contributed by atoms with van der Waals surface area (Å²) in [6.07, 6.45) is 1.02. The summed E-state index contributed by atoms with van der Waals surface area (Å²) >= 11 is 0. The lowest BCUT2D eigenvalue weighted by Gasteiger charge is -2.31. The fraction of sp³-hybridized carbons (Fsp3) is 0.818. The number of nitrogens with one attached hydrogen (secondary N) is 1. The van der Waals surface area contributed by atoms with Crippen LogP contribution < -0.4 is 5.32 Å². The summed E-state index contributed by atoms with van der Waals surface area (Å²) in [7, 11) is 0. The zero-order valence-corrected chi connectivity index (χ0v) is 9.85. The Labute approximate surface area is 99.6 Å². The zero-order valence-electron chi connectivity index (χ0n) is 9.85. The van der Waals surface area contributed by atoms with E-state index in [2.05, 4.69) is 5.32 Å². The highest BCUT2D eigenvalue weighted by Crippen LogP contribution is 2.26. The summed E-state index contributed by atoms with van der Waals surface area (Å²) in [5, 5.41) is 21.7. The zero-order chi connectivity index (χ0) is 12.6. The molecule has 2 heterocycles. The Morgan fingerprint density at radius 3 is 2.71 bits per heavy atom. The summed E-state index contributed by atoms with van der Waals surface area (Å²) in [6.45, 7) is 2.69. The van der Waals surface area contributed by atoms with Crippen molar-refractivity contribution in [1.82, 2.24) is 10.2 Å². The molecule has 0 spiro atoms. The molecule has 6 heteroatoms. The van der Waals surface area contributed by atoms with Crippen molar-refractivity contribution in [3.8, 4) is 0 Å². The molecule has 0 bridgehead atoms. The first-order valence-electron chi connectivity index (χ1n) is 5.91. The number of carboxylic acid groups (broad SMARTS) is 1. The van der Waals surface area contributed by atoms with Gasteiger partial charge in [0.2, 0.25) is 5.91 Å². The van der Waals surface area contributed by atoms with Crippen LogP contribution in [0, 0.1) is 0 Å². The smallest absolute Gasteiger partial charge is 0.326 e. The second kappa shape index (κ2) is 4.27. The van der Waals surface area contributed by atoms with Gasteiger partial charge in [-0.1, -0.05) is 0 Å². The number of carbonyl (C=O) groups excluding carboxylic acids is 1. The molecule has 0 aliphatic carbocycles. The first-order valence-corrected chi connectivity index (χ1v) is 5.91. The number of aliphatic carboxylic acids is 1. The van der Waals surface area contributed by atoms with Crippen LogP contribution in [0.3, 0.4) is 0 Å². The first-order chi connectivity index (χ1) is 7.94. The molecule has 0 aromatic carbocycles. The lowest BCUT2D eigenvalue weighted by atomic mass is 9.98. The van der Waals surface area contributed by atoms with Crippen molar-refractivity contribution < 1.29 is 19.8 Å². The molecule has 1 amide bonds. The number of amides is 1. The van der Waals surface area contributed by atoms with Crippen LogP contribution in [0.5, 0.6) is 0 Å². The van der Waals surface area contributed by atoms with E-state index in [9.17, 15) is 14.7 Å². The lowest BCUT2D eigenvalue weighted by molar-refractivity contribution is -0.150. The van der Waals surface area contributed by atoms with Crippen LogP contribution in [-0.4, -0.2) is 57.8 Å². The average Bonchev–Trinajstić information content (AvgIpc) is 2.84. The van der Waals surface area contributed by atoms with Crippen LogP contribution >= 0.6 is 0 Å². The van der Waals surface area contributed by atoms with Gasteiger partial charge in [0.05, 0.1) is 11.6 Å². The molecular weight excluding hydrogens is 224 g/mol. The Kier molecular flexibility index (Phi) is 3.09. The van der Waals surface area contributed by atoms with Gasteiger partial charge in [0.25, 0.3) is 0 Å². The predicted octanol–water partition coefficient (Wildman–Crippen LogP) is -0.825. The lowest BCUT2D eigenvalue weighted by Crippen LogP contribution is -2.55. The van der Waals surface area contributed by atoms with Gasteiger partial charge in [-0.15, -0.1) is 0 Å². The predicted molar refractivity (Wildman–Crippen MR) is 59.4 cm³/mol. The number of carboxylic acids is 1. The summed E-state index contributed by atoms with van der Waals surface area (Å²) in [4.78, 5) is 24.7. The van der Waals surface area contributed by atoms with Crippen molar-refractivity contribution in [2.24, 2.45) is 0 Å². The number of aliphatic hydroxyl groups is 1. The van der Waals surface area contributed by atoms with Crippen molar-refractivity contribution in [1.29, 1.82) is 0 Å². The van der Waals surface area contributed by atoms with Crippen molar-refractivity contribution >= 4 is 11.9 Å². The van der Waals surface area contributed by atoms with Gasteiger partial charge in [0.15, 0.2) is 0 Å². The summed E-state index contributed by atoms with van der Waals surface area (Å²) < 4.78 is 0. The van der Waals surface area contributed by atoms with E-state index in [1.165, 1.54) is 4.90 Å². The second-order valence-corrected chi connectivity index (χ2v) is 5.06. The molecule has 0 aromatic rings. The minimum absolute atomic E-state index is 0.118. The van der Waals surface area contributed by atoms with E-state index in [0.29, 0.717) is 6.42 Å². The fourth-order valence-corrected chi connectivity index (χ4v) is 2.67. The van der Waals surface area contributed by atoms with Gasteiger partial charge in [-0.05, 0) is 26.3 Å². The van der Waals surface area contributed by atoms with Crippen LogP contribution in [0.1, 0.15) is 26.2 Å². The van der Waals surface area contributed by atoms with E-state index in [1.807, 2.05) is 0 Å². The minimum Gasteiger partial charge on any atom is -0.480 e. The molecular formula is C11H18N2O4. The van der Waals surface area contributed by atoms with E-state index in [0.717, 1.165) is 13.0 Å². The number of likely N-dealkylation sites (tertiary alicyclic amines) is 1. The topological polar surface area (TPSA) is 89.9 Å². The molecule has 2 rings (SSSR count). The quantitative estimate of drug-likeness (QED) is 0.588. The molecule has 6 nitrogen and oxygen atoms in total. The van der Waals surface area contributed by atoms with Gasteiger partial charge in [-0.2, -0.15) is 0 Å². The number of β-amino-alcohol motifs (C(OH)–C–C–N with tert-alkyl or cyclic N) is 1. The van der Waals surface area contributed by atoms with E-state index in [1.54, 1.807) is 6.92 Å². The Balaban J connectivity index is 2.15. The number of hydrogen-bond donors (Lipinski definition) is 3. The Morgan fingerprint density at radius 2 is 2.18 bits per heavy atom. The Morgan fingerprint density at radius 1 is 1.47 bits per heavy atom. The van der Waals surface area contributed by atoms with Gasteiger partial charge >= 0.3 is 5.97 Å². The molecule has 3 atom stereocenters. The van der Waals surface area contributed by atoms with Crippen molar-refractivity contribution in [3.63, 3.8) is 0 Å².